The van der Waals surface area contributed by atoms with Crippen LogP contribution in [-0.4, -0.2) is 35.5 Å². The van der Waals surface area contributed by atoms with Gasteiger partial charge in [-0.3, -0.25) is 0 Å². The molecule has 0 aliphatic heterocycles. The number of nitriles is 2. The molecule has 0 saturated heterocycles. The average molecular weight is 325 g/mol. The third-order valence-corrected chi connectivity index (χ3v) is 0.682. The molecule has 0 fully saturated rings. The van der Waals surface area contributed by atoms with Gasteiger partial charge >= 0.3 is 0 Å². The van der Waals surface area contributed by atoms with Gasteiger partial charge in [-0.05, 0) is 13.8 Å². The van der Waals surface area contributed by atoms with Gasteiger partial charge in [-0.1, -0.05) is 10.8 Å². The molecule has 2 atom stereocenters. The van der Waals surface area contributed by atoms with E-state index in [9.17, 15) is 0 Å². The van der Waals surface area contributed by atoms with Crippen LogP contribution in [0.3, 0.4) is 0 Å². The fourth-order valence-electron chi connectivity index (χ4n) is 0. The maximum absolute atomic E-state index is 8.24. The van der Waals surface area contributed by atoms with Gasteiger partial charge in [-0.15, -0.1) is 0 Å². The first-order chi connectivity index (χ1) is 7.37. The predicted molar refractivity (Wildman–Crippen MR) is 67.4 cm³/mol. The first-order valence-electron chi connectivity index (χ1n) is 4.16. The Bertz CT molecular complexity index is 163. The van der Waals surface area contributed by atoms with E-state index >= 15 is 0 Å². The monoisotopic (exact) mass is 324 g/mol. The summed E-state index contributed by atoms with van der Waals surface area (Å²) in [5.41, 5.74) is 9.84. The zero-order valence-electron chi connectivity index (χ0n) is 9.65. The van der Waals surface area contributed by atoms with Crippen molar-refractivity contribution in [3.8, 4) is 10.8 Å². The van der Waals surface area contributed by atoms with Crippen LogP contribution in [0.2, 0.25) is 0 Å². The number of hydrogen-bond donors (Lipinski definition) is 4. The number of aliphatic hydroxyl groups excluding tert-OH is 2. The van der Waals surface area contributed by atoms with Crippen molar-refractivity contribution in [3.63, 3.8) is 0 Å². The molecule has 0 rings (SSSR count). The summed E-state index contributed by atoms with van der Waals surface area (Å²) in [5, 5.41) is 33.4. The maximum atomic E-state index is 8.24. The van der Waals surface area contributed by atoms with E-state index in [1.54, 1.807) is 13.8 Å². The summed E-state index contributed by atoms with van der Waals surface area (Å²) in [6.07, 6.45) is -0.676. The predicted octanol–water partition coefficient (Wildman–Crippen LogP) is -1.32. The molecule has 0 aliphatic carbocycles. The molecule has 2 unspecified atom stereocenters. The van der Waals surface area contributed by atoms with Gasteiger partial charge in [-0.2, -0.15) is 0 Å². The normalized spacial score (nSPS) is 9.65. The van der Waals surface area contributed by atoms with Crippen molar-refractivity contribution >= 4 is 25.3 Å². The summed E-state index contributed by atoms with van der Waals surface area (Å²) in [6, 6.07) is 0. The average Bonchev–Trinajstić information content (AvgIpc) is 2.21. The zero-order chi connectivity index (χ0) is 14.0. The fraction of sp³-hybridized carbons (Fsp3) is 0.750. The number of hydrogen-bond acceptors (Lipinski definition) is 8. The minimum atomic E-state index is -0.338. The summed E-state index contributed by atoms with van der Waals surface area (Å²) in [4.78, 5) is 0. The minimum Gasteiger partial charge on any atom is -0.696 e. The topological polar surface area (TPSA) is 140 Å². The molecule has 0 saturated carbocycles. The Morgan fingerprint density at radius 1 is 1.00 bits per heavy atom. The van der Waals surface area contributed by atoms with E-state index in [1.165, 1.54) is 10.8 Å². The molecule has 17 heavy (non-hydrogen) atoms. The molecule has 0 aliphatic rings. The van der Waals surface area contributed by atoms with Gasteiger partial charge in [0, 0.05) is 29.6 Å². The molecule has 0 spiro atoms. The maximum Gasteiger partial charge on any atom is 0.0634 e. The molecular formula is C8H18N4NiO2S2-2. The van der Waals surface area contributed by atoms with E-state index in [-0.39, 0.29) is 28.7 Å². The molecule has 0 amide bonds. The van der Waals surface area contributed by atoms with Crippen LogP contribution in [0.5, 0.6) is 0 Å². The Balaban J connectivity index is -0.0000000381. The van der Waals surface area contributed by atoms with Crippen molar-refractivity contribution in [2.75, 3.05) is 13.1 Å². The van der Waals surface area contributed by atoms with Crippen LogP contribution in [0.25, 0.3) is 0 Å². The molecule has 0 aromatic rings. The summed E-state index contributed by atoms with van der Waals surface area (Å²) in [7, 11) is 0. The van der Waals surface area contributed by atoms with E-state index < -0.39 is 0 Å². The molecule has 0 aromatic carbocycles. The summed E-state index contributed by atoms with van der Waals surface area (Å²) in [5.74, 6) is 0. The smallest absolute Gasteiger partial charge is 0.0634 e. The van der Waals surface area contributed by atoms with Crippen molar-refractivity contribution < 1.29 is 26.7 Å². The molecule has 0 bridgehead atoms. The molecule has 0 radical (unpaired) electrons. The van der Waals surface area contributed by atoms with Crippen LogP contribution in [0.1, 0.15) is 13.8 Å². The molecule has 106 valence electrons. The Kier molecular flexibility index (Phi) is 63.8. The van der Waals surface area contributed by atoms with Crippen molar-refractivity contribution in [2.45, 2.75) is 26.1 Å². The third kappa shape index (κ3) is 212. The van der Waals surface area contributed by atoms with Crippen LogP contribution in [0, 0.1) is 21.3 Å². The first kappa shape index (κ1) is 30.1. The number of aliphatic hydroxyl groups is 2. The second kappa shape index (κ2) is 36.0. The van der Waals surface area contributed by atoms with Crippen molar-refractivity contribution in [1.82, 2.24) is 0 Å². The van der Waals surface area contributed by atoms with Gasteiger partial charge in [0.25, 0.3) is 0 Å². The van der Waals surface area contributed by atoms with Crippen molar-refractivity contribution in [1.29, 1.82) is 10.5 Å². The minimum absolute atomic E-state index is 0. The van der Waals surface area contributed by atoms with Gasteiger partial charge in [0.2, 0.25) is 0 Å². The van der Waals surface area contributed by atoms with Gasteiger partial charge in [0.1, 0.15) is 0 Å². The second-order valence-corrected chi connectivity index (χ2v) is 2.72. The van der Waals surface area contributed by atoms with E-state index in [1.807, 2.05) is 0 Å². The van der Waals surface area contributed by atoms with E-state index in [0.29, 0.717) is 13.1 Å². The van der Waals surface area contributed by atoms with Gasteiger partial charge in [-0.25, -0.2) is 10.5 Å². The van der Waals surface area contributed by atoms with Gasteiger partial charge in [0.15, 0.2) is 0 Å². The fourth-order valence-corrected chi connectivity index (χ4v) is 0. The van der Waals surface area contributed by atoms with Crippen LogP contribution in [0.4, 0.5) is 0 Å². The summed E-state index contributed by atoms with van der Waals surface area (Å²) >= 11 is 7.40. The Morgan fingerprint density at radius 2 is 1.06 bits per heavy atom. The zero-order valence-corrected chi connectivity index (χ0v) is 12.3. The van der Waals surface area contributed by atoms with Crippen LogP contribution in [-0.2, 0) is 41.7 Å². The number of rotatable bonds is 2. The molecule has 0 aromatic heterocycles. The summed E-state index contributed by atoms with van der Waals surface area (Å²) in [6.45, 7) is 4.03. The molecule has 0 heterocycles. The van der Waals surface area contributed by atoms with Gasteiger partial charge in [0.05, 0.1) is 12.2 Å². The van der Waals surface area contributed by atoms with E-state index in [4.69, 9.17) is 32.2 Å². The number of thiocyanates is 2. The Morgan fingerprint density at radius 3 is 1.06 bits per heavy atom. The summed E-state index contributed by atoms with van der Waals surface area (Å²) < 4.78 is 0. The molecule has 9 heteroatoms. The second-order valence-electron chi connectivity index (χ2n) is 2.35. The SMILES string of the molecule is CC(O)CN.CC(O)CN.N#C[S-].N#C[S-].[Ni]. The molecular weight excluding hydrogens is 307 g/mol. The largest absolute Gasteiger partial charge is 0.696 e. The number of nitrogens with two attached hydrogens (primary N) is 2. The Hall–Kier alpha value is -0.246. The van der Waals surface area contributed by atoms with Crippen molar-refractivity contribution in [2.24, 2.45) is 11.5 Å². The standard InChI is InChI=1S/2C3H9NO.2CHNS.Ni/c2*1-3(5)2-4;2*2-1-3;/h2*3,5H,2,4H2,1H3;2*3H;/p-2. The van der Waals surface area contributed by atoms with Crippen LogP contribution >= 0.6 is 0 Å². The van der Waals surface area contributed by atoms with Crippen LogP contribution in [0.15, 0.2) is 0 Å². The van der Waals surface area contributed by atoms with E-state index in [0.717, 1.165) is 0 Å². The van der Waals surface area contributed by atoms with Gasteiger partial charge < -0.3 is 46.9 Å². The Labute approximate surface area is 124 Å². The van der Waals surface area contributed by atoms with Crippen molar-refractivity contribution in [3.05, 3.63) is 0 Å². The van der Waals surface area contributed by atoms with E-state index in [2.05, 4.69) is 25.3 Å². The number of nitrogens with zero attached hydrogens (tertiary/aromatic N) is 2. The molecule has 6 N–H and O–H groups in total. The quantitative estimate of drug-likeness (QED) is 0.278. The third-order valence-electron chi connectivity index (χ3n) is 0.682. The van der Waals surface area contributed by atoms with Crippen LogP contribution < -0.4 is 11.5 Å². The first-order valence-corrected chi connectivity index (χ1v) is 4.98. The molecule has 6 nitrogen and oxygen atoms in total.